The summed E-state index contributed by atoms with van der Waals surface area (Å²) in [4.78, 5) is 4.80. The molecule has 1 N–H and O–H groups in total. The first-order chi connectivity index (χ1) is 12.4. The average Bonchev–Trinajstić information content (AvgIpc) is 2.63. The van der Waals surface area contributed by atoms with E-state index in [1.165, 1.54) is 19.7 Å². The van der Waals surface area contributed by atoms with Crippen LogP contribution in [-0.4, -0.2) is 57.9 Å². The van der Waals surface area contributed by atoms with E-state index >= 15 is 0 Å². The van der Waals surface area contributed by atoms with Crippen molar-refractivity contribution in [3.05, 3.63) is 60.2 Å². The fourth-order valence-corrected chi connectivity index (χ4v) is 3.60. The zero-order valence-electron chi connectivity index (χ0n) is 15.3. The highest BCUT2D eigenvalue weighted by Gasteiger charge is 2.18. The minimum atomic E-state index is -3.46. The monoisotopic (exact) mass is 374 g/mol. The molecule has 1 aliphatic rings. The van der Waals surface area contributed by atoms with E-state index in [2.05, 4.69) is 38.8 Å². The molecule has 0 unspecified atom stereocenters. The Balaban J connectivity index is 1.55. The Morgan fingerprint density at radius 3 is 2.12 bits per heavy atom. The van der Waals surface area contributed by atoms with Gasteiger partial charge in [-0.05, 0) is 29.8 Å². The van der Waals surface area contributed by atoms with Crippen LogP contribution in [0.1, 0.15) is 5.56 Å². The molecule has 0 aliphatic carbocycles. The summed E-state index contributed by atoms with van der Waals surface area (Å²) in [7, 11) is -0.452. The molecule has 1 saturated heterocycles. The van der Waals surface area contributed by atoms with Gasteiger partial charge in [0.15, 0.2) is 0 Å². The van der Waals surface area contributed by atoms with Crippen LogP contribution in [0.4, 0.5) is 11.4 Å². The van der Waals surface area contributed by atoms with Crippen molar-refractivity contribution in [3.63, 3.8) is 0 Å². The Morgan fingerprint density at radius 2 is 1.54 bits per heavy atom. The summed E-state index contributed by atoms with van der Waals surface area (Å²) in [5.74, 6) is 0. The maximum Gasteiger partial charge on any atom is 0.301 e. The van der Waals surface area contributed by atoms with Crippen molar-refractivity contribution in [3.8, 4) is 0 Å². The molecule has 0 amide bonds. The Morgan fingerprint density at radius 1 is 0.923 bits per heavy atom. The third-order valence-corrected chi connectivity index (χ3v) is 6.04. The summed E-state index contributed by atoms with van der Waals surface area (Å²) < 4.78 is 27.5. The molecular formula is C19H26N4O2S. The lowest BCUT2D eigenvalue weighted by Crippen LogP contribution is -2.45. The van der Waals surface area contributed by atoms with E-state index in [9.17, 15) is 8.42 Å². The molecule has 1 fully saturated rings. The first-order valence-corrected chi connectivity index (χ1v) is 10.2. The van der Waals surface area contributed by atoms with Crippen molar-refractivity contribution in [1.82, 2.24) is 9.21 Å². The van der Waals surface area contributed by atoms with Gasteiger partial charge in [0.05, 0.1) is 0 Å². The molecule has 3 rings (SSSR count). The molecule has 2 aromatic carbocycles. The lowest BCUT2D eigenvalue weighted by atomic mass is 10.2. The van der Waals surface area contributed by atoms with Crippen LogP contribution in [-0.2, 0) is 16.8 Å². The standard InChI is InChI=1S/C19H26N4O2S/c1-21(2)26(24,25)20-18-8-10-19(11-9-18)23-14-12-22(13-15-23)16-17-6-4-3-5-7-17/h3-11,20H,12-16H2,1-2H3. The van der Waals surface area contributed by atoms with Crippen LogP contribution in [0.15, 0.2) is 54.6 Å². The molecule has 0 radical (unpaired) electrons. The predicted molar refractivity (Wildman–Crippen MR) is 107 cm³/mol. The van der Waals surface area contributed by atoms with Gasteiger partial charge in [0.25, 0.3) is 0 Å². The molecule has 7 heteroatoms. The maximum atomic E-state index is 11.9. The normalized spacial score (nSPS) is 16.0. The Kier molecular flexibility index (Phi) is 5.80. The van der Waals surface area contributed by atoms with E-state index in [1.807, 2.05) is 30.3 Å². The zero-order valence-corrected chi connectivity index (χ0v) is 16.1. The molecule has 1 heterocycles. The number of hydrogen-bond donors (Lipinski definition) is 1. The molecule has 6 nitrogen and oxygen atoms in total. The third-order valence-electron chi connectivity index (χ3n) is 4.58. The summed E-state index contributed by atoms with van der Waals surface area (Å²) in [6, 6.07) is 18.1. The Bertz CT molecular complexity index is 799. The van der Waals surface area contributed by atoms with Crippen LogP contribution in [0, 0.1) is 0 Å². The highest BCUT2D eigenvalue weighted by Crippen LogP contribution is 2.21. The number of piperazine rings is 1. The van der Waals surface area contributed by atoms with Gasteiger partial charge in [-0.2, -0.15) is 12.7 Å². The number of benzene rings is 2. The summed E-state index contributed by atoms with van der Waals surface area (Å²) >= 11 is 0. The van der Waals surface area contributed by atoms with E-state index in [1.54, 1.807) is 0 Å². The van der Waals surface area contributed by atoms with Crippen LogP contribution in [0.2, 0.25) is 0 Å². The van der Waals surface area contributed by atoms with Crippen LogP contribution >= 0.6 is 0 Å². The lowest BCUT2D eigenvalue weighted by Gasteiger charge is -2.36. The third kappa shape index (κ3) is 4.75. The van der Waals surface area contributed by atoms with Gasteiger partial charge >= 0.3 is 10.2 Å². The van der Waals surface area contributed by atoms with Gasteiger partial charge in [-0.3, -0.25) is 9.62 Å². The molecular weight excluding hydrogens is 348 g/mol. The van der Waals surface area contributed by atoms with Gasteiger partial charge in [-0.15, -0.1) is 0 Å². The van der Waals surface area contributed by atoms with Crippen molar-refractivity contribution in [1.29, 1.82) is 0 Å². The molecule has 0 aromatic heterocycles. The number of hydrogen-bond acceptors (Lipinski definition) is 4. The molecule has 0 atom stereocenters. The van der Waals surface area contributed by atoms with Crippen molar-refractivity contribution in [2.75, 3.05) is 49.9 Å². The zero-order chi connectivity index (χ0) is 18.6. The number of anilines is 2. The van der Waals surface area contributed by atoms with Crippen molar-refractivity contribution in [2.45, 2.75) is 6.54 Å². The highest BCUT2D eigenvalue weighted by molar-refractivity contribution is 7.90. The van der Waals surface area contributed by atoms with Gasteiger partial charge in [0.2, 0.25) is 0 Å². The van der Waals surface area contributed by atoms with E-state index in [4.69, 9.17) is 0 Å². The number of rotatable bonds is 6. The van der Waals surface area contributed by atoms with Crippen LogP contribution in [0.5, 0.6) is 0 Å². The second-order valence-electron chi connectivity index (χ2n) is 6.69. The SMILES string of the molecule is CN(C)S(=O)(=O)Nc1ccc(N2CCN(Cc3ccccc3)CC2)cc1. The number of nitrogens with one attached hydrogen (secondary N) is 1. The van der Waals surface area contributed by atoms with Gasteiger partial charge in [0, 0.05) is 58.2 Å². The Hall–Kier alpha value is -2.09. The minimum absolute atomic E-state index is 0.574. The second kappa shape index (κ2) is 8.07. The van der Waals surface area contributed by atoms with Crippen molar-refractivity contribution < 1.29 is 8.42 Å². The first kappa shape index (κ1) is 18.7. The van der Waals surface area contributed by atoms with Gasteiger partial charge in [0.1, 0.15) is 0 Å². The van der Waals surface area contributed by atoms with Gasteiger partial charge < -0.3 is 4.90 Å². The van der Waals surface area contributed by atoms with Crippen LogP contribution in [0.25, 0.3) is 0 Å². The van der Waals surface area contributed by atoms with Gasteiger partial charge in [-0.1, -0.05) is 30.3 Å². The van der Waals surface area contributed by atoms with E-state index < -0.39 is 10.2 Å². The average molecular weight is 375 g/mol. The molecule has 0 bridgehead atoms. The predicted octanol–water partition coefficient (Wildman–Crippen LogP) is 2.23. The largest absolute Gasteiger partial charge is 0.369 e. The van der Waals surface area contributed by atoms with Crippen LogP contribution in [0.3, 0.4) is 0 Å². The molecule has 1 aliphatic heterocycles. The molecule has 140 valence electrons. The van der Waals surface area contributed by atoms with Crippen molar-refractivity contribution >= 4 is 21.6 Å². The smallest absolute Gasteiger partial charge is 0.301 e. The Labute approximate surface area is 156 Å². The first-order valence-electron chi connectivity index (χ1n) is 8.75. The summed E-state index contributed by atoms with van der Waals surface area (Å²) in [6.07, 6.45) is 0. The van der Waals surface area contributed by atoms with E-state index in [-0.39, 0.29) is 0 Å². The quantitative estimate of drug-likeness (QED) is 0.842. The van der Waals surface area contributed by atoms with Crippen LogP contribution < -0.4 is 9.62 Å². The molecule has 2 aromatic rings. The molecule has 0 saturated carbocycles. The number of nitrogens with zero attached hydrogens (tertiary/aromatic N) is 3. The molecule has 26 heavy (non-hydrogen) atoms. The fraction of sp³-hybridized carbons (Fsp3) is 0.368. The highest BCUT2D eigenvalue weighted by atomic mass is 32.2. The fourth-order valence-electron chi connectivity index (χ4n) is 2.99. The summed E-state index contributed by atoms with van der Waals surface area (Å²) in [5, 5.41) is 0. The summed E-state index contributed by atoms with van der Waals surface area (Å²) in [5.41, 5.74) is 3.04. The van der Waals surface area contributed by atoms with Crippen molar-refractivity contribution in [2.24, 2.45) is 0 Å². The van der Waals surface area contributed by atoms with E-state index in [0.29, 0.717) is 5.69 Å². The summed E-state index contributed by atoms with van der Waals surface area (Å²) in [6.45, 7) is 4.96. The van der Waals surface area contributed by atoms with E-state index in [0.717, 1.165) is 42.7 Å². The second-order valence-corrected chi connectivity index (χ2v) is 8.57. The minimum Gasteiger partial charge on any atom is -0.369 e. The topological polar surface area (TPSA) is 55.9 Å². The molecule has 0 spiro atoms. The lowest BCUT2D eigenvalue weighted by molar-refractivity contribution is 0.250. The van der Waals surface area contributed by atoms with Gasteiger partial charge in [-0.25, -0.2) is 0 Å². The maximum absolute atomic E-state index is 11.9.